The second kappa shape index (κ2) is 6.15. The maximum atomic E-state index is 14.2. The number of carboxylic acids is 1. The summed E-state index contributed by atoms with van der Waals surface area (Å²) >= 11 is 0. The molecule has 0 saturated heterocycles. The Morgan fingerprint density at radius 2 is 1.77 bits per heavy atom. The van der Waals surface area contributed by atoms with Crippen LogP contribution in [0.4, 0.5) is 13.2 Å². The van der Waals surface area contributed by atoms with E-state index in [1.54, 1.807) is 6.92 Å². The van der Waals surface area contributed by atoms with Gasteiger partial charge in [0.2, 0.25) is 0 Å². The number of benzene rings is 1. The number of methoxy groups -OCH3 is 1. The molecule has 0 bridgehead atoms. The lowest BCUT2D eigenvalue weighted by molar-refractivity contribution is 0.0690. The van der Waals surface area contributed by atoms with Crippen molar-refractivity contribution in [2.45, 2.75) is 13.0 Å². The molecule has 0 aliphatic carbocycles. The van der Waals surface area contributed by atoms with Crippen LogP contribution in [0.25, 0.3) is 11.3 Å². The Balaban J connectivity index is 2.63. The van der Waals surface area contributed by atoms with E-state index in [4.69, 9.17) is 9.84 Å². The molecule has 1 unspecified atom stereocenters. The van der Waals surface area contributed by atoms with E-state index in [9.17, 15) is 18.0 Å². The average molecular weight is 311 g/mol. The van der Waals surface area contributed by atoms with Gasteiger partial charge in [-0.25, -0.2) is 22.9 Å². The zero-order valence-corrected chi connectivity index (χ0v) is 11.7. The van der Waals surface area contributed by atoms with Crippen LogP contribution in [0.3, 0.4) is 0 Å². The number of hydrogen-bond acceptors (Lipinski definition) is 3. The van der Waals surface area contributed by atoms with Crippen molar-refractivity contribution in [2.24, 2.45) is 0 Å². The van der Waals surface area contributed by atoms with Gasteiger partial charge < -0.3 is 9.84 Å². The summed E-state index contributed by atoms with van der Waals surface area (Å²) in [5, 5.41) is 8.85. The van der Waals surface area contributed by atoms with Crippen LogP contribution < -0.4 is 0 Å². The van der Waals surface area contributed by atoms with Gasteiger partial charge in [0.15, 0.2) is 0 Å². The minimum atomic E-state index is -1.42. The fourth-order valence-electron chi connectivity index (χ4n) is 1.93. The first kappa shape index (κ1) is 16.0. The second-order valence-corrected chi connectivity index (χ2v) is 4.57. The third kappa shape index (κ3) is 2.94. The predicted molar refractivity (Wildman–Crippen MR) is 71.9 cm³/mol. The van der Waals surface area contributed by atoms with Crippen molar-refractivity contribution in [1.29, 1.82) is 0 Å². The van der Waals surface area contributed by atoms with Crippen molar-refractivity contribution in [3.05, 3.63) is 53.0 Å². The van der Waals surface area contributed by atoms with Crippen molar-refractivity contribution >= 4 is 5.97 Å². The van der Waals surface area contributed by atoms with Crippen LogP contribution in [0, 0.1) is 17.5 Å². The molecule has 4 nitrogen and oxygen atoms in total. The number of aromatic nitrogens is 1. The number of halogens is 3. The summed E-state index contributed by atoms with van der Waals surface area (Å²) in [4.78, 5) is 14.3. The largest absolute Gasteiger partial charge is 0.477 e. The summed E-state index contributed by atoms with van der Waals surface area (Å²) in [6.45, 7) is 1.60. The molecular weight excluding hydrogens is 299 g/mol. The maximum absolute atomic E-state index is 14.2. The smallest absolute Gasteiger partial charge is 0.354 e. The minimum Gasteiger partial charge on any atom is -0.477 e. The Morgan fingerprint density at radius 3 is 2.27 bits per heavy atom. The van der Waals surface area contributed by atoms with Crippen molar-refractivity contribution in [2.75, 3.05) is 7.11 Å². The number of carbonyl (C=O) groups is 1. The molecule has 1 aromatic carbocycles. The Kier molecular flexibility index (Phi) is 4.46. The highest BCUT2D eigenvalue weighted by atomic mass is 19.1. The Hall–Kier alpha value is -2.41. The number of aromatic carboxylic acids is 1. The van der Waals surface area contributed by atoms with Crippen molar-refractivity contribution in [3.63, 3.8) is 0 Å². The molecule has 0 amide bonds. The fourth-order valence-corrected chi connectivity index (χ4v) is 1.93. The van der Waals surface area contributed by atoms with E-state index in [2.05, 4.69) is 4.98 Å². The van der Waals surface area contributed by atoms with Gasteiger partial charge in [-0.05, 0) is 36.8 Å². The minimum absolute atomic E-state index is 0.232. The maximum Gasteiger partial charge on any atom is 0.354 e. The number of nitrogens with zero attached hydrogens (tertiary/aromatic N) is 1. The van der Waals surface area contributed by atoms with Gasteiger partial charge in [-0.3, -0.25) is 0 Å². The first-order chi connectivity index (χ1) is 10.3. The fraction of sp³-hybridized carbons (Fsp3) is 0.200. The highest BCUT2D eigenvalue weighted by molar-refractivity contribution is 5.86. The Morgan fingerprint density at radius 1 is 1.18 bits per heavy atom. The SMILES string of the molecule is COC(C)c1cc(F)c(-c2nc(C(=O)O)ccc2F)c(F)c1. The standard InChI is InChI=1S/C15H12F3NO3/c1-7(22-2)8-5-10(17)13(11(18)6-8)14-9(16)3-4-12(19-14)15(20)21/h3-7H,1-2H3,(H,20,21). The van der Waals surface area contributed by atoms with E-state index in [-0.39, 0.29) is 5.56 Å². The third-order valence-electron chi connectivity index (χ3n) is 3.19. The van der Waals surface area contributed by atoms with Crippen LogP contribution >= 0.6 is 0 Å². The van der Waals surface area contributed by atoms with Crippen LogP contribution in [-0.2, 0) is 4.74 Å². The zero-order valence-electron chi connectivity index (χ0n) is 11.7. The van der Waals surface area contributed by atoms with E-state index in [0.717, 1.165) is 24.3 Å². The van der Waals surface area contributed by atoms with Crippen molar-refractivity contribution < 1.29 is 27.8 Å². The number of hydrogen-bond donors (Lipinski definition) is 1. The molecule has 1 aromatic heterocycles. The summed E-state index contributed by atoms with van der Waals surface area (Å²) < 4.78 is 47.1. The van der Waals surface area contributed by atoms with Crippen LogP contribution in [0.2, 0.25) is 0 Å². The Bertz CT molecular complexity index is 711. The molecule has 7 heteroatoms. The molecule has 0 fully saturated rings. The van der Waals surface area contributed by atoms with Crippen LogP contribution in [0.15, 0.2) is 24.3 Å². The highest BCUT2D eigenvalue weighted by Crippen LogP contribution is 2.30. The third-order valence-corrected chi connectivity index (χ3v) is 3.19. The molecule has 1 heterocycles. The average Bonchev–Trinajstić information content (AvgIpc) is 2.47. The summed E-state index contributed by atoms with van der Waals surface area (Å²) in [5.74, 6) is -4.54. The quantitative estimate of drug-likeness (QED) is 0.937. The van der Waals surface area contributed by atoms with E-state index >= 15 is 0 Å². The van der Waals surface area contributed by atoms with Gasteiger partial charge in [-0.1, -0.05) is 0 Å². The molecule has 0 aliphatic rings. The predicted octanol–water partition coefficient (Wildman–Crippen LogP) is 3.57. The van der Waals surface area contributed by atoms with Gasteiger partial charge in [0.25, 0.3) is 0 Å². The molecule has 22 heavy (non-hydrogen) atoms. The molecule has 0 aliphatic heterocycles. The van der Waals surface area contributed by atoms with Gasteiger partial charge in [-0.15, -0.1) is 0 Å². The number of carboxylic acid groups (broad SMARTS) is 1. The molecule has 0 saturated carbocycles. The van der Waals surface area contributed by atoms with Crippen LogP contribution in [0.1, 0.15) is 29.1 Å². The summed E-state index contributed by atoms with van der Waals surface area (Å²) in [6, 6.07) is 3.72. The molecule has 1 atom stereocenters. The van der Waals surface area contributed by atoms with Gasteiger partial charge in [-0.2, -0.15) is 0 Å². The zero-order chi connectivity index (χ0) is 16.4. The summed E-state index contributed by atoms with van der Waals surface area (Å²) in [5.41, 5.74) is -1.68. The lowest BCUT2D eigenvalue weighted by Gasteiger charge is -2.13. The lowest BCUT2D eigenvalue weighted by atomic mass is 10.0. The molecular formula is C15H12F3NO3. The molecule has 2 aromatic rings. The van der Waals surface area contributed by atoms with Crippen molar-refractivity contribution in [1.82, 2.24) is 4.98 Å². The first-order valence-corrected chi connectivity index (χ1v) is 6.27. The van der Waals surface area contributed by atoms with E-state index in [1.165, 1.54) is 7.11 Å². The van der Waals surface area contributed by atoms with Gasteiger partial charge in [0.05, 0.1) is 11.7 Å². The lowest BCUT2D eigenvalue weighted by Crippen LogP contribution is -2.06. The molecule has 116 valence electrons. The Labute approximate surface area is 124 Å². The summed E-state index contributed by atoms with van der Waals surface area (Å²) in [6.07, 6.45) is -0.554. The highest BCUT2D eigenvalue weighted by Gasteiger charge is 2.21. The number of pyridine rings is 1. The molecule has 0 spiro atoms. The first-order valence-electron chi connectivity index (χ1n) is 6.27. The van der Waals surface area contributed by atoms with Gasteiger partial charge in [0, 0.05) is 7.11 Å². The van der Waals surface area contributed by atoms with Gasteiger partial charge >= 0.3 is 5.97 Å². The molecule has 1 N–H and O–H groups in total. The topological polar surface area (TPSA) is 59.4 Å². The van der Waals surface area contributed by atoms with Gasteiger partial charge in [0.1, 0.15) is 28.8 Å². The van der Waals surface area contributed by atoms with Crippen LogP contribution in [0.5, 0.6) is 0 Å². The second-order valence-electron chi connectivity index (χ2n) is 4.57. The van der Waals surface area contributed by atoms with E-state index in [0.29, 0.717) is 0 Å². The normalized spacial score (nSPS) is 12.2. The van der Waals surface area contributed by atoms with E-state index < -0.39 is 46.5 Å². The number of rotatable bonds is 4. The van der Waals surface area contributed by atoms with Crippen molar-refractivity contribution in [3.8, 4) is 11.3 Å². The molecule has 0 radical (unpaired) electrons. The summed E-state index contributed by atoms with van der Waals surface area (Å²) in [7, 11) is 1.38. The van der Waals surface area contributed by atoms with Crippen LogP contribution in [-0.4, -0.2) is 23.2 Å². The monoisotopic (exact) mass is 311 g/mol. The van der Waals surface area contributed by atoms with E-state index in [1.807, 2.05) is 0 Å². The number of ether oxygens (including phenoxy) is 1. The molecule has 2 rings (SSSR count).